The molecule has 0 unspecified atom stereocenters. The zero-order valence-corrected chi connectivity index (χ0v) is 9.27. The zero-order valence-electron chi connectivity index (χ0n) is 8.45. The molecule has 0 aromatic heterocycles. The predicted molar refractivity (Wildman–Crippen MR) is 60.8 cm³/mol. The van der Waals surface area contributed by atoms with Gasteiger partial charge in [0.1, 0.15) is 0 Å². The maximum atomic E-state index is 4.00. The Labute approximate surface area is 86.7 Å². The summed E-state index contributed by atoms with van der Waals surface area (Å²) in [4.78, 5) is 0. The summed E-state index contributed by atoms with van der Waals surface area (Å²) >= 11 is 0. The van der Waals surface area contributed by atoms with Gasteiger partial charge >= 0.3 is 0 Å². The van der Waals surface area contributed by atoms with Crippen molar-refractivity contribution in [2.45, 2.75) is 26.2 Å². The van der Waals surface area contributed by atoms with Gasteiger partial charge in [-0.2, -0.15) is 0 Å². The average Bonchev–Trinajstić information content (AvgIpc) is 2.08. The van der Waals surface area contributed by atoms with Gasteiger partial charge in [-0.1, -0.05) is 51.1 Å². The largest absolute Gasteiger partial charge is 0.274 e. The van der Waals surface area contributed by atoms with E-state index in [2.05, 4.69) is 62.8 Å². The van der Waals surface area contributed by atoms with E-state index in [0.29, 0.717) is 5.41 Å². The number of hydrogen-bond acceptors (Lipinski definition) is 2. The van der Waals surface area contributed by atoms with Crippen molar-refractivity contribution in [2.24, 2.45) is 11.7 Å². The lowest BCUT2D eigenvalue weighted by molar-refractivity contribution is 0.590. The van der Waals surface area contributed by atoms with Crippen LogP contribution in [0.5, 0.6) is 0 Å². The van der Waals surface area contributed by atoms with E-state index >= 15 is 0 Å². The van der Waals surface area contributed by atoms with Crippen LogP contribution in [-0.4, -0.2) is 0 Å². The van der Waals surface area contributed by atoms with Crippen LogP contribution in [0.15, 0.2) is 30.3 Å². The van der Waals surface area contributed by atoms with Crippen molar-refractivity contribution in [3.05, 3.63) is 35.9 Å². The molecule has 1 rings (SSSR count). The van der Waals surface area contributed by atoms with E-state index in [0.717, 1.165) is 0 Å². The highest BCUT2D eigenvalue weighted by molar-refractivity contribution is 5.85. The highest BCUT2D eigenvalue weighted by Gasteiger charge is 2.11. The standard InChI is InChI=1S/C10H14.ClH.H4N2/c1-10(2,3)9-7-5-4-6-8-9;;1-2/h4-8H,1-3H3;1H;1-2H2. The fraction of sp³-hybridized carbons (Fsp3) is 0.400. The summed E-state index contributed by atoms with van der Waals surface area (Å²) in [6.45, 7) is 6.67. The summed E-state index contributed by atoms with van der Waals surface area (Å²) < 4.78 is 0. The molecule has 1 aromatic carbocycles. The Kier molecular flexibility index (Phi) is 7.92. The number of nitrogens with two attached hydrogens (primary N) is 2. The molecular weight excluding hydrogens is 184 g/mol. The summed E-state index contributed by atoms with van der Waals surface area (Å²) in [7, 11) is 0. The van der Waals surface area contributed by atoms with E-state index in [4.69, 9.17) is 0 Å². The third-order valence-electron chi connectivity index (χ3n) is 1.64. The molecule has 0 atom stereocenters. The fourth-order valence-corrected chi connectivity index (χ4v) is 0.938. The molecule has 0 aliphatic carbocycles. The summed E-state index contributed by atoms with van der Waals surface area (Å²) in [5, 5.41) is 0. The van der Waals surface area contributed by atoms with Crippen molar-refractivity contribution in [3.63, 3.8) is 0 Å². The first-order chi connectivity index (χ1) is 5.61. The molecule has 3 heteroatoms. The van der Waals surface area contributed by atoms with Gasteiger partial charge in [0.05, 0.1) is 0 Å². The van der Waals surface area contributed by atoms with Gasteiger partial charge in [0, 0.05) is 0 Å². The van der Waals surface area contributed by atoms with E-state index in [1.807, 2.05) is 0 Å². The number of hydrogen-bond donors (Lipinski definition) is 2. The molecule has 0 aliphatic rings. The molecule has 4 N–H and O–H groups in total. The number of halogens is 1. The first-order valence-corrected chi connectivity index (χ1v) is 3.99. The van der Waals surface area contributed by atoms with Crippen molar-refractivity contribution in [2.75, 3.05) is 0 Å². The minimum atomic E-state index is 0. The van der Waals surface area contributed by atoms with Crippen LogP contribution in [0.25, 0.3) is 0 Å². The second kappa shape index (κ2) is 6.89. The van der Waals surface area contributed by atoms with Crippen molar-refractivity contribution < 1.29 is 0 Å². The predicted octanol–water partition coefficient (Wildman–Crippen LogP) is 2.22. The van der Waals surface area contributed by atoms with Crippen molar-refractivity contribution in [1.82, 2.24) is 0 Å². The summed E-state index contributed by atoms with van der Waals surface area (Å²) in [6, 6.07) is 10.6. The van der Waals surface area contributed by atoms with Gasteiger partial charge in [0.2, 0.25) is 0 Å². The summed E-state index contributed by atoms with van der Waals surface area (Å²) in [6.07, 6.45) is 0. The third kappa shape index (κ3) is 5.64. The Morgan fingerprint density at radius 2 is 1.31 bits per heavy atom. The summed E-state index contributed by atoms with van der Waals surface area (Å²) in [5.74, 6) is 8.00. The number of benzene rings is 1. The van der Waals surface area contributed by atoms with E-state index in [-0.39, 0.29) is 12.4 Å². The molecule has 0 radical (unpaired) electrons. The second-order valence-electron chi connectivity index (χ2n) is 3.62. The Bertz CT molecular complexity index is 204. The normalized spacial score (nSPS) is 9.31. The lowest BCUT2D eigenvalue weighted by Gasteiger charge is -2.18. The SMILES string of the molecule is CC(C)(C)c1ccccc1.Cl.NN. The van der Waals surface area contributed by atoms with Gasteiger partial charge in [-0.3, -0.25) is 11.7 Å². The molecule has 13 heavy (non-hydrogen) atoms. The molecule has 2 nitrogen and oxygen atoms in total. The lowest BCUT2D eigenvalue weighted by Crippen LogP contribution is -2.10. The van der Waals surface area contributed by atoms with Crippen LogP contribution in [0.1, 0.15) is 26.3 Å². The molecule has 0 bridgehead atoms. The van der Waals surface area contributed by atoms with Gasteiger partial charge < -0.3 is 0 Å². The third-order valence-corrected chi connectivity index (χ3v) is 1.64. The Morgan fingerprint density at radius 3 is 1.54 bits per heavy atom. The molecule has 0 amide bonds. The lowest BCUT2D eigenvalue weighted by atomic mass is 9.87. The molecule has 0 saturated carbocycles. The molecule has 0 heterocycles. The molecule has 0 aliphatic heterocycles. The smallest absolute Gasteiger partial charge is 0.0132 e. The van der Waals surface area contributed by atoms with E-state index < -0.39 is 0 Å². The highest BCUT2D eigenvalue weighted by Crippen LogP contribution is 2.20. The van der Waals surface area contributed by atoms with Crippen molar-refractivity contribution in [3.8, 4) is 0 Å². The Morgan fingerprint density at radius 1 is 0.923 bits per heavy atom. The molecular formula is C10H19ClN2. The minimum absolute atomic E-state index is 0. The van der Waals surface area contributed by atoms with Crippen LogP contribution in [-0.2, 0) is 5.41 Å². The van der Waals surface area contributed by atoms with Gasteiger partial charge in [-0.15, -0.1) is 12.4 Å². The van der Waals surface area contributed by atoms with Crippen molar-refractivity contribution >= 4 is 12.4 Å². The summed E-state index contributed by atoms with van der Waals surface area (Å²) in [5.41, 5.74) is 1.69. The van der Waals surface area contributed by atoms with Crippen LogP contribution in [0.2, 0.25) is 0 Å². The minimum Gasteiger partial charge on any atom is -0.274 e. The maximum absolute atomic E-state index is 4.00. The monoisotopic (exact) mass is 202 g/mol. The molecule has 1 aromatic rings. The molecule has 76 valence electrons. The van der Waals surface area contributed by atoms with Crippen LogP contribution < -0.4 is 11.7 Å². The van der Waals surface area contributed by atoms with Gasteiger partial charge in [-0.25, -0.2) is 0 Å². The van der Waals surface area contributed by atoms with Gasteiger partial charge in [0.15, 0.2) is 0 Å². The van der Waals surface area contributed by atoms with Crippen LogP contribution in [0.3, 0.4) is 0 Å². The van der Waals surface area contributed by atoms with Crippen LogP contribution in [0, 0.1) is 0 Å². The first-order valence-electron chi connectivity index (χ1n) is 3.99. The van der Waals surface area contributed by atoms with Crippen molar-refractivity contribution in [1.29, 1.82) is 0 Å². The molecule has 0 spiro atoms. The quantitative estimate of drug-likeness (QED) is 0.501. The van der Waals surface area contributed by atoms with Crippen LogP contribution in [0.4, 0.5) is 0 Å². The fourth-order valence-electron chi connectivity index (χ4n) is 0.938. The van der Waals surface area contributed by atoms with Crippen LogP contribution >= 0.6 is 12.4 Å². The second-order valence-corrected chi connectivity index (χ2v) is 3.62. The topological polar surface area (TPSA) is 52.0 Å². The number of rotatable bonds is 0. The molecule has 0 fully saturated rings. The van der Waals surface area contributed by atoms with Gasteiger partial charge in [0.25, 0.3) is 0 Å². The van der Waals surface area contributed by atoms with Gasteiger partial charge in [-0.05, 0) is 11.0 Å². The van der Waals surface area contributed by atoms with E-state index in [1.54, 1.807) is 0 Å². The Balaban J connectivity index is 0. The molecule has 0 saturated heterocycles. The Hall–Kier alpha value is -0.570. The maximum Gasteiger partial charge on any atom is -0.0132 e. The highest BCUT2D eigenvalue weighted by atomic mass is 35.5. The number of hydrazine groups is 1. The van der Waals surface area contributed by atoms with E-state index in [9.17, 15) is 0 Å². The average molecular weight is 203 g/mol. The van der Waals surface area contributed by atoms with E-state index in [1.165, 1.54) is 5.56 Å². The zero-order chi connectivity index (χ0) is 9.61. The first kappa shape index (κ1) is 14.9.